The summed E-state index contributed by atoms with van der Waals surface area (Å²) in [5, 5.41) is 1.18. The molecule has 3 heteroatoms. The first-order chi connectivity index (χ1) is 9.47. The molecule has 0 aromatic rings. The van der Waals surface area contributed by atoms with Crippen LogP contribution < -0.4 is 0 Å². The van der Waals surface area contributed by atoms with Gasteiger partial charge in [0.15, 0.2) is 0 Å². The lowest BCUT2D eigenvalue weighted by Crippen LogP contribution is -2.43. The highest BCUT2D eigenvalue weighted by atomic mass is 79.9. The molecule has 2 nitrogen and oxygen atoms in total. The first-order valence-electron chi connectivity index (χ1n) is 8.40. The van der Waals surface area contributed by atoms with Gasteiger partial charge in [0.25, 0.3) is 0 Å². The summed E-state index contributed by atoms with van der Waals surface area (Å²) in [7, 11) is 4.36. The summed E-state index contributed by atoms with van der Waals surface area (Å²) < 4.78 is 0. The normalized spacial score (nSPS) is 19.8. The van der Waals surface area contributed by atoms with Crippen LogP contribution in [0, 0.1) is 11.3 Å². The van der Waals surface area contributed by atoms with Crippen molar-refractivity contribution in [2.75, 3.05) is 45.6 Å². The zero-order valence-electron chi connectivity index (χ0n) is 14.1. The molecule has 0 saturated heterocycles. The maximum Gasteiger partial charge on any atom is 0.0109 e. The molecule has 1 aliphatic carbocycles. The number of alkyl halides is 1. The molecule has 0 aromatic carbocycles. The summed E-state index contributed by atoms with van der Waals surface area (Å²) in [6.07, 6.45) is 8.56. The van der Waals surface area contributed by atoms with E-state index in [1.165, 1.54) is 70.0 Å². The summed E-state index contributed by atoms with van der Waals surface area (Å²) in [6.45, 7) is 9.59. The largest absolute Gasteiger partial charge is 0.308 e. The van der Waals surface area contributed by atoms with Crippen molar-refractivity contribution < 1.29 is 0 Å². The van der Waals surface area contributed by atoms with E-state index in [0.29, 0.717) is 5.41 Å². The molecule has 0 atom stereocenters. The van der Waals surface area contributed by atoms with Gasteiger partial charge in [0.1, 0.15) is 0 Å². The Morgan fingerprint density at radius 2 is 1.60 bits per heavy atom. The number of hydrogen-bond donors (Lipinski definition) is 0. The van der Waals surface area contributed by atoms with Crippen LogP contribution in [0.4, 0.5) is 0 Å². The molecular weight excluding hydrogens is 312 g/mol. The van der Waals surface area contributed by atoms with Crippen molar-refractivity contribution in [2.24, 2.45) is 11.3 Å². The van der Waals surface area contributed by atoms with Crippen molar-refractivity contribution >= 4 is 15.9 Å². The summed E-state index contributed by atoms with van der Waals surface area (Å²) in [5.41, 5.74) is 0.525. The average molecular weight is 347 g/mol. The van der Waals surface area contributed by atoms with Crippen LogP contribution in [0.3, 0.4) is 0 Å². The Morgan fingerprint density at radius 3 is 2.05 bits per heavy atom. The number of likely N-dealkylation sites (N-methyl/N-ethyl adjacent to an activating group) is 1. The van der Waals surface area contributed by atoms with E-state index >= 15 is 0 Å². The lowest BCUT2D eigenvalue weighted by atomic mass is 9.81. The lowest BCUT2D eigenvalue weighted by molar-refractivity contribution is 0.130. The summed E-state index contributed by atoms with van der Waals surface area (Å²) in [4.78, 5) is 5.03. The third-order valence-electron chi connectivity index (χ3n) is 4.49. The van der Waals surface area contributed by atoms with Crippen molar-refractivity contribution in [1.82, 2.24) is 9.80 Å². The molecule has 20 heavy (non-hydrogen) atoms. The molecule has 1 aliphatic rings. The van der Waals surface area contributed by atoms with Gasteiger partial charge in [0.2, 0.25) is 0 Å². The molecule has 0 aliphatic heterocycles. The molecular formula is C17H35BrN2. The van der Waals surface area contributed by atoms with Crippen LogP contribution in [-0.2, 0) is 0 Å². The van der Waals surface area contributed by atoms with Crippen molar-refractivity contribution in [2.45, 2.75) is 52.4 Å². The molecule has 0 radical (unpaired) electrons. The first-order valence-corrected chi connectivity index (χ1v) is 9.53. The fourth-order valence-electron chi connectivity index (χ4n) is 3.38. The predicted molar refractivity (Wildman–Crippen MR) is 93.8 cm³/mol. The van der Waals surface area contributed by atoms with E-state index in [2.05, 4.69) is 53.7 Å². The summed E-state index contributed by atoms with van der Waals surface area (Å²) in [5.74, 6) is 0.760. The number of rotatable bonds is 8. The van der Waals surface area contributed by atoms with Gasteiger partial charge in [0, 0.05) is 31.5 Å². The minimum atomic E-state index is 0.525. The van der Waals surface area contributed by atoms with E-state index in [9.17, 15) is 0 Å². The highest BCUT2D eigenvalue weighted by Gasteiger charge is 2.32. The topological polar surface area (TPSA) is 6.48 Å². The predicted octanol–water partition coefficient (Wildman–Crippen LogP) is 4.24. The van der Waals surface area contributed by atoms with Crippen molar-refractivity contribution in [3.05, 3.63) is 0 Å². The summed E-state index contributed by atoms with van der Waals surface area (Å²) in [6, 6.07) is 0. The van der Waals surface area contributed by atoms with Gasteiger partial charge in [-0.2, -0.15) is 0 Å². The second kappa shape index (κ2) is 9.42. The monoisotopic (exact) mass is 346 g/mol. The van der Waals surface area contributed by atoms with Crippen LogP contribution in [0.15, 0.2) is 0 Å². The highest BCUT2D eigenvalue weighted by Crippen LogP contribution is 2.37. The standard InChI is InChI=1S/C17H35BrN2/c1-16(2)13-20(12-11-19(3)4)15-17(14-18)9-7-5-6-8-10-17/h16H,5-15H2,1-4H3. The number of halogens is 1. The lowest BCUT2D eigenvalue weighted by Gasteiger charge is -2.38. The Bertz CT molecular complexity index is 245. The van der Waals surface area contributed by atoms with Crippen molar-refractivity contribution in [3.8, 4) is 0 Å². The Kier molecular flexibility index (Phi) is 8.69. The van der Waals surface area contributed by atoms with Crippen LogP contribution in [0.25, 0.3) is 0 Å². The molecule has 0 aromatic heterocycles. The van der Waals surface area contributed by atoms with Gasteiger partial charge < -0.3 is 9.80 Å². The summed E-state index contributed by atoms with van der Waals surface area (Å²) >= 11 is 3.84. The molecule has 120 valence electrons. The minimum absolute atomic E-state index is 0.525. The Morgan fingerprint density at radius 1 is 1.00 bits per heavy atom. The zero-order chi connectivity index (χ0) is 15.0. The van der Waals surface area contributed by atoms with E-state index in [-0.39, 0.29) is 0 Å². The van der Waals surface area contributed by atoms with E-state index in [1.54, 1.807) is 0 Å². The molecule has 1 fully saturated rings. The first kappa shape index (κ1) is 18.4. The molecule has 0 unspecified atom stereocenters. The van der Waals surface area contributed by atoms with E-state index in [1.807, 2.05) is 0 Å². The van der Waals surface area contributed by atoms with Gasteiger partial charge in [-0.3, -0.25) is 0 Å². The smallest absolute Gasteiger partial charge is 0.0109 e. The molecule has 0 bridgehead atoms. The molecule has 0 spiro atoms. The van der Waals surface area contributed by atoms with Crippen LogP contribution >= 0.6 is 15.9 Å². The van der Waals surface area contributed by atoms with Crippen molar-refractivity contribution in [1.29, 1.82) is 0 Å². The number of hydrogen-bond acceptors (Lipinski definition) is 2. The van der Waals surface area contributed by atoms with Gasteiger partial charge in [-0.15, -0.1) is 0 Å². The maximum absolute atomic E-state index is 3.84. The minimum Gasteiger partial charge on any atom is -0.308 e. The molecule has 0 heterocycles. The molecule has 0 amide bonds. The second-order valence-electron chi connectivity index (χ2n) is 7.48. The number of nitrogens with zero attached hydrogens (tertiary/aromatic N) is 2. The van der Waals surface area contributed by atoms with Crippen LogP contribution in [0.1, 0.15) is 52.4 Å². The molecule has 1 rings (SSSR count). The van der Waals surface area contributed by atoms with E-state index in [0.717, 1.165) is 5.92 Å². The fourth-order valence-corrected chi connectivity index (χ4v) is 4.12. The zero-order valence-corrected chi connectivity index (χ0v) is 15.7. The van der Waals surface area contributed by atoms with Crippen LogP contribution in [-0.4, -0.2) is 55.4 Å². The molecule has 0 N–H and O–H groups in total. The molecule has 1 saturated carbocycles. The van der Waals surface area contributed by atoms with Gasteiger partial charge in [-0.25, -0.2) is 0 Å². The Hall–Kier alpha value is 0.400. The second-order valence-corrected chi connectivity index (χ2v) is 8.04. The maximum atomic E-state index is 3.84. The fraction of sp³-hybridized carbons (Fsp3) is 1.00. The van der Waals surface area contributed by atoms with Crippen molar-refractivity contribution in [3.63, 3.8) is 0 Å². The SMILES string of the molecule is CC(C)CN(CCN(C)C)CC1(CBr)CCCCCC1. The van der Waals surface area contributed by atoms with Gasteiger partial charge in [0.05, 0.1) is 0 Å². The van der Waals surface area contributed by atoms with Gasteiger partial charge in [-0.05, 0) is 38.3 Å². The third-order valence-corrected chi connectivity index (χ3v) is 5.68. The van der Waals surface area contributed by atoms with E-state index < -0.39 is 0 Å². The third kappa shape index (κ3) is 6.91. The quantitative estimate of drug-likeness (QED) is 0.479. The Balaban J connectivity index is 2.62. The van der Waals surface area contributed by atoms with Crippen LogP contribution in [0.2, 0.25) is 0 Å². The average Bonchev–Trinajstić information content (AvgIpc) is 2.61. The highest BCUT2D eigenvalue weighted by molar-refractivity contribution is 9.09. The van der Waals surface area contributed by atoms with Gasteiger partial charge >= 0.3 is 0 Å². The van der Waals surface area contributed by atoms with Gasteiger partial charge in [-0.1, -0.05) is 55.5 Å². The van der Waals surface area contributed by atoms with E-state index in [4.69, 9.17) is 0 Å². The van der Waals surface area contributed by atoms with Crippen LogP contribution in [0.5, 0.6) is 0 Å². The Labute approximate surface area is 135 Å².